The van der Waals surface area contributed by atoms with E-state index in [9.17, 15) is 13.2 Å². The van der Waals surface area contributed by atoms with Crippen molar-refractivity contribution in [2.45, 2.75) is 24.3 Å². The zero-order valence-corrected chi connectivity index (χ0v) is 20.6. The van der Waals surface area contributed by atoms with Crippen LogP contribution in [0.4, 0.5) is 11.6 Å². The first-order valence-corrected chi connectivity index (χ1v) is 12.9. The number of hydrogen-bond acceptors (Lipinski definition) is 8. The van der Waals surface area contributed by atoms with Crippen molar-refractivity contribution in [3.8, 4) is 6.07 Å². The fourth-order valence-electron chi connectivity index (χ4n) is 4.17. The van der Waals surface area contributed by atoms with E-state index in [2.05, 4.69) is 30.6 Å². The number of amides is 1. The van der Waals surface area contributed by atoms with E-state index >= 15 is 0 Å². The van der Waals surface area contributed by atoms with Gasteiger partial charge < -0.3 is 15.5 Å². The molecule has 0 aliphatic carbocycles. The summed E-state index contributed by atoms with van der Waals surface area (Å²) in [5.74, 6) is 0.835. The number of nitriles is 1. The summed E-state index contributed by atoms with van der Waals surface area (Å²) in [6.07, 6.45) is 1.19. The normalized spacial score (nSPS) is 14.8. The number of benzene rings is 1. The lowest BCUT2D eigenvalue weighted by molar-refractivity contribution is -0.118. The van der Waals surface area contributed by atoms with E-state index in [1.54, 1.807) is 43.3 Å². The summed E-state index contributed by atoms with van der Waals surface area (Å²) >= 11 is 0. The molecule has 11 heteroatoms. The van der Waals surface area contributed by atoms with Crippen molar-refractivity contribution >= 4 is 27.6 Å². The van der Waals surface area contributed by atoms with E-state index in [0.717, 1.165) is 5.82 Å². The molecule has 1 aliphatic heterocycles. The molecule has 3 heterocycles. The third kappa shape index (κ3) is 5.79. The van der Waals surface area contributed by atoms with E-state index in [4.69, 9.17) is 11.0 Å². The number of nitrogens with one attached hydrogen (secondary N) is 1. The zero-order valence-electron chi connectivity index (χ0n) is 19.8. The van der Waals surface area contributed by atoms with Crippen molar-refractivity contribution in [1.82, 2.24) is 14.7 Å². The SMILES string of the molecule is Cc1cc(N2CCN(c3cccc(C#N)n3)CC2)ncc1S(=O)(=O)N[C@@H](CC(N)=O)c1ccccc1. The first-order chi connectivity index (χ1) is 17.3. The van der Waals surface area contributed by atoms with Crippen LogP contribution in [-0.2, 0) is 14.8 Å². The molecule has 0 saturated carbocycles. The number of nitrogens with zero attached hydrogens (tertiary/aromatic N) is 5. The largest absolute Gasteiger partial charge is 0.370 e. The fourth-order valence-corrected chi connectivity index (χ4v) is 5.57. The monoisotopic (exact) mass is 505 g/mol. The molecule has 4 rings (SSSR count). The average molecular weight is 506 g/mol. The molecule has 0 bridgehead atoms. The minimum Gasteiger partial charge on any atom is -0.370 e. The molecule has 0 spiro atoms. The quantitative estimate of drug-likeness (QED) is 0.472. The van der Waals surface area contributed by atoms with E-state index in [1.807, 2.05) is 18.2 Å². The number of carbonyl (C=O) groups is 1. The Bertz CT molecular complexity index is 1380. The van der Waals surface area contributed by atoms with Gasteiger partial charge in [0.15, 0.2) is 0 Å². The smallest absolute Gasteiger partial charge is 0.242 e. The summed E-state index contributed by atoms with van der Waals surface area (Å²) in [7, 11) is -3.96. The second-order valence-corrected chi connectivity index (χ2v) is 10.2. The Kier molecular flexibility index (Phi) is 7.47. The number of aryl methyl sites for hydroxylation is 1. The predicted molar refractivity (Wildman–Crippen MR) is 136 cm³/mol. The van der Waals surface area contributed by atoms with Gasteiger partial charge in [-0.15, -0.1) is 0 Å². The average Bonchev–Trinajstić information content (AvgIpc) is 2.88. The first kappa shape index (κ1) is 25.1. The van der Waals surface area contributed by atoms with E-state index in [-0.39, 0.29) is 11.3 Å². The van der Waals surface area contributed by atoms with Crippen molar-refractivity contribution in [3.05, 3.63) is 77.6 Å². The van der Waals surface area contributed by atoms with Crippen LogP contribution < -0.4 is 20.3 Å². The minimum atomic E-state index is -3.96. The Morgan fingerprint density at radius 3 is 2.36 bits per heavy atom. The Morgan fingerprint density at radius 1 is 1.08 bits per heavy atom. The zero-order chi connectivity index (χ0) is 25.7. The highest BCUT2D eigenvalue weighted by Crippen LogP contribution is 2.25. The van der Waals surface area contributed by atoms with Crippen LogP contribution in [0.3, 0.4) is 0 Å². The Morgan fingerprint density at radius 2 is 1.75 bits per heavy atom. The van der Waals surface area contributed by atoms with Crippen molar-refractivity contribution in [1.29, 1.82) is 5.26 Å². The molecule has 2 aromatic heterocycles. The minimum absolute atomic E-state index is 0.0489. The molecule has 1 amide bonds. The topological polar surface area (TPSA) is 145 Å². The van der Waals surface area contributed by atoms with Crippen LogP contribution in [0, 0.1) is 18.3 Å². The van der Waals surface area contributed by atoms with Crippen LogP contribution in [0.2, 0.25) is 0 Å². The van der Waals surface area contributed by atoms with Crippen molar-refractivity contribution in [2.75, 3.05) is 36.0 Å². The fraction of sp³-hybridized carbons (Fsp3) is 0.280. The van der Waals surface area contributed by atoms with Gasteiger partial charge in [-0.1, -0.05) is 36.4 Å². The third-order valence-electron chi connectivity index (χ3n) is 6.02. The number of aromatic nitrogens is 2. The number of carbonyl (C=O) groups excluding carboxylic acids is 1. The molecule has 186 valence electrons. The summed E-state index contributed by atoms with van der Waals surface area (Å²) in [6, 6.07) is 17.3. The standard InChI is InChI=1S/C25H27N7O3S/c1-18-14-25(32-12-10-31(11-13-32)24-9-5-8-20(16-26)29-24)28-17-22(18)36(34,35)30-21(15-23(27)33)19-6-3-2-4-7-19/h2-9,14,17,21,30H,10-13,15H2,1H3,(H2,27,33)/t21-/m0/s1. The predicted octanol–water partition coefficient (Wildman–Crippen LogP) is 1.88. The molecule has 1 saturated heterocycles. The summed E-state index contributed by atoms with van der Waals surface area (Å²) in [6.45, 7) is 4.44. The molecular weight excluding hydrogens is 478 g/mol. The second kappa shape index (κ2) is 10.7. The maximum Gasteiger partial charge on any atom is 0.242 e. The highest BCUT2D eigenvalue weighted by Gasteiger charge is 2.26. The van der Waals surface area contributed by atoms with Crippen LogP contribution in [0.5, 0.6) is 0 Å². The molecular formula is C25H27N7O3S. The molecule has 1 fully saturated rings. The van der Waals surface area contributed by atoms with Gasteiger partial charge >= 0.3 is 0 Å². The van der Waals surface area contributed by atoms with Crippen molar-refractivity contribution in [2.24, 2.45) is 5.73 Å². The maximum atomic E-state index is 13.2. The summed E-state index contributed by atoms with van der Waals surface area (Å²) in [5, 5.41) is 9.09. The highest BCUT2D eigenvalue weighted by molar-refractivity contribution is 7.89. The lowest BCUT2D eigenvalue weighted by Crippen LogP contribution is -2.47. The number of pyridine rings is 2. The molecule has 1 atom stereocenters. The van der Waals surface area contributed by atoms with E-state index in [0.29, 0.717) is 48.8 Å². The summed E-state index contributed by atoms with van der Waals surface area (Å²) < 4.78 is 29.0. The maximum absolute atomic E-state index is 13.2. The summed E-state index contributed by atoms with van der Waals surface area (Å²) in [5.41, 5.74) is 6.94. The number of piperazine rings is 1. The lowest BCUT2D eigenvalue weighted by atomic mass is 10.1. The molecule has 1 aliphatic rings. The number of nitrogens with two attached hydrogens (primary N) is 1. The first-order valence-electron chi connectivity index (χ1n) is 11.5. The Labute approximate surface area is 210 Å². The number of sulfonamides is 1. The van der Waals surface area contributed by atoms with Gasteiger partial charge in [-0.25, -0.2) is 23.1 Å². The van der Waals surface area contributed by atoms with Gasteiger partial charge in [-0.05, 0) is 36.2 Å². The van der Waals surface area contributed by atoms with Crippen LogP contribution in [-0.4, -0.2) is 50.5 Å². The molecule has 0 unspecified atom stereocenters. The van der Waals surface area contributed by atoms with Gasteiger partial charge in [0.25, 0.3) is 0 Å². The molecule has 10 nitrogen and oxygen atoms in total. The van der Waals surface area contributed by atoms with Crippen molar-refractivity contribution < 1.29 is 13.2 Å². The van der Waals surface area contributed by atoms with Crippen LogP contribution >= 0.6 is 0 Å². The van der Waals surface area contributed by atoms with Crippen LogP contribution in [0.1, 0.15) is 29.3 Å². The van der Waals surface area contributed by atoms with Crippen LogP contribution in [0.25, 0.3) is 0 Å². The van der Waals surface area contributed by atoms with Crippen molar-refractivity contribution in [3.63, 3.8) is 0 Å². The molecule has 1 aromatic carbocycles. The molecule has 0 radical (unpaired) electrons. The van der Waals surface area contributed by atoms with Gasteiger partial charge in [-0.2, -0.15) is 5.26 Å². The number of anilines is 2. The summed E-state index contributed by atoms with van der Waals surface area (Å²) in [4.78, 5) is 24.6. The highest BCUT2D eigenvalue weighted by atomic mass is 32.2. The van der Waals surface area contributed by atoms with Gasteiger partial charge in [0, 0.05) is 38.8 Å². The second-order valence-electron chi connectivity index (χ2n) is 8.53. The van der Waals surface area contributed by atoms with Gasteiger partial charge in [0.05, 0.1) is 6.04 Å². The molecule has 3 N–H and O–H groups in total. The van der Waals surface area contributed by atoms with Gasteiger partial charge in [0.1, 0.15) is 28.3 Å². The van der Waals surface area contributed by atoms with E-state index in [1.165, 1.54) is 6.20 Å². The number of rotatable bonds is 8. The lowest BCUT2D eigenvalue weighted by Gasteiger charge is -2.36. The number of hydrogen-bond donors (Lipinski definition) is 2. The third-order valence-corrected chi connectivity index (χ3v) is 7.62. The Balaban J connectivity index is 1.47. The Hall–Kier alpha value is -4.01. The molecule has 3 aromatic rings. The van der Waals surface area contributed by atoms with Gasteiger partial charge in [-0.3, -0.25) is 4.79 Å². The molecule has 36 heavy (non-hydrogen) atoms. The van der Waals surface area contributed by atoms with E-state index < -0.39 is 22.0 Å². The van der Waals surface area contributed by atoms with Crippen LogP contribution in [0.15, 0.2) is 65.7 Å². The van der Waals surface area contributed by atoms with Gasteiger partial charge in [0.2, 0.25) is 15.9 Å². The number of primary amides is 1.